The van der Waals surface area contributed by atoms with Crippen LogP contribution in [0.15, 0.2) is 48.5 Å². The molecule has 0 saturated carbocycles. The molecule has 3 rings (SSSR count). The van der Waals surface area contributed by atoms with Gasteiger partial charge in [0.1, 0.15) is 0 Å². The molecule has 0 radical (unpaired) electrons. The second kappa shape index (κ2) is 7.16. The molecule has 0 aromatic heterocycles. The van der Waals surface area contributed by atoms with Crippen molar-refractivity contribution in [3.05, 3.63) is 65.2 Å². The van der Waals surface area contributed by atoms with Crippen molar-refractivity contribution >= 4 is 5.69 Å². The van der Waals surface area contributed by atoms with Gasteiger partial charge in [0.2, 0.25) is 0 Å². The molecule has 1 saturated heterocycles. The van der Waals surface area contributed by atoms with Gasteiger partial charge in [0.25, 0.3) is 0 Å². The van der Waals surface area contributed by atoms with E-state index in [0.717, 1.165) is 31.7 Å². The summed E-state index contributed by atoms with van der Waals surface area (Å²) >= 11 is 0. The number of β-amino-alcohol motifs (C(OH)–C–C–N with tert-alkyl or cyclic N) is 1. The first-order valence-corrected chi connectivity index (χ1v) is 8.40. The Bertz CT molecular complexity index is 630. The number of hydrogen-bond donors (Lipinski definition) is 1. The van der Waals surface area contributed by atoms with E-state index in [2.05, 4.69) is 60.0 Å². The van der Waals surface area contributed by atoms with Crippen molar-refractivity contribution < 1.29 is 5.11 Å². The molecule has 23 heavy (non-hydrogen) atoms. The fourth-order valence-electron chi connectivity index (χ4n) is 3.15. The van der Waals surface area contributed by atoms with E-state index < -0.39 is 6.10 Å². The minimum Gasteiger partial charge on any atom is -0.387 e. The molecule has 1 fully saturated rings. The first-order chi connectivity index (χ1) is 11.1. The van der Waals surface area contributed by atoms with E-state index in [4.69, 9.17) is 0 Å². The Morgan fingerprint density at radius 2 is 1.61 bits per heavy atom. The third-order valence-corrected chi connectivity index (χ3v) is 4.63. The summed E-state index contributed by atoms with van der Waals surface area (Å²) in [4.78, 5) is 4.79. The third-order valence-electron chi connectivity index (χ3n) is 4.63. The largest absolute Gasteiger partial charge is 0.387 e. The van der Waals surface area contributed by atoms with E-state index in [1.165, 1.54) is 16.8 Å². The van der Waals surface area contributed by atoms with Crippen LogP contribution in [0.5, 0.6) is 0 Å². The van der Waals surface area contributed by atoms with Crippen molar-refractivity contribution in [2.24, 2.45) is 0 Å². The molecule has 1 aliphatic rings. The number of hydrogen-bond acceptors (Lipinski definition) is 3. The molecule has 3 heteroatoms. The highest BCUT2D eigenvalue weighted by Gasteiger charge is 2.20. The summed E-state index contributed by atoms with van der Waals surface area (Å²) in [5, 5.41) is 10.4. The summed E-state index contributed by atoms with van der Waals surface area (Å²) in [5.41, 5.74) is 4.85. The molecule has 122 valence electrons. The normalized spacial score (nSPS) is 17.3. The number of rotatable bonds is 4. The number of piperazine rings is 1. The average Bonchev–Trinajstić information content (AvgIpc) is 2.56. The van der Waals surface area contributed by atoms with E-state index in [-0.39, 0.29) is 0 Å². The third kappa shape index (κ3) is 4.12. The molecule has 0 aliphatic carbocycles. The van der Waals surface area contributed by atoms with E-state index in [1.807, 2.05) is 12.1 Å². The van der Waals surface area contributed by atoms with Crippen LogP contribution in [0.25, 0.3) is 0 Å². The Labute approximate surface area is 139 Å². The fraction of sp³-hybridized carbons (Fsp3) is 0.400. The molecule has 1 N–H and O–H groups in total. The number of nitrogens with zero attached hydrogens (tertiary/aromatic N) is 2. The SMILES string of the molecule is Cc1ccc(C(O)CN2CCN(c3cccc(C)c3)CC2)cc1. The predicted octanol–water partition coefficient (Wildman–Crippen LogP) is 3.16. The summed E-state index contributed by atoms with van der Waals surface area (Å²) in [6.45, 7) is 8.95. The van der Waals surface area contributed by atoms with E-state index in [0.29, 0.717) is 6.54 Å². The molecule has 2 aromatic rings. The van der Waals surface area contributed by atoms with Gasteiger partial charge >= 0.3 is 0 Å². The van der Waals surface area contributed by atoms with E-state index in [1.54, 1.807) is 0 Å². The molecular formula is C20H26N2O. The van der Waals surface area contributed by atoms with Gasteiger partial charge < -0.3 is 10.0 Å². The molecule has 1 aliphatic heterocycles. The summed E-state index contributed by atoms with van der Waals surface area (Å²) in [6.07, 6.45) is -0.402. The zero-order valence-electron chi connectivity index (χ0n) is 14.1. The standard InChI is InChI=1S/C20H26N2O/c1-16-6-8-18(9-7-16)20(23)15-21-10-12-22(13-11-21)19-5-3-4-17(2)14-19/h3-9,14,20,23H,10-13,15H2,1-2H3. The van der Waals surface area contributed by atoms with Crippen LogP contribution in [-0.4, -0.2) is 42.7 Å². The Morgan fingerprint density at radius 1 is 0.913 bits per heavy atom. The van der Waals surface area contributed by atoms with Gasteiger partial charge in [0.15, 0.2) is 0 Å². The number of benzene rings is 2. The smallest absolute Gasteiger partial charge is 0.0916 e. The van der Waals surface area contributed by atoms with Gasteiger partial charge in [-0.15, -0.1) is 0 Å². The summed E-state index contributed by atoms with van der Waals surface area (Å²) < 4.78 is 0. The monoisotopic (exact) mass is 310 g/mol. The molecule has 2 aromatic carbocycles. The molecule has 3 nitrogen and oxygen atoms in total. The van der Waals surface area contributed by atoms with Crippen molar-refractivity contribution in [2.75, 3.05) is 37.6 Å². The van der Waals surface area contributed by atoms with Crippen LogP contribution in [0.4, 0.5) is 5.69 Å². The van der Waals surface area contributed by atoms with Gasteiger partial charge in [-0.25, -0.2) is 0 Å². The van der Waals surface area contributed by atoms with Gasteiger partial charge in [-0.1, -0.05) is 42.0 Å². The Balaban J connectivity index is 1.54. The quantitative estimate of drug-likeness (QED) is 0.940. The highest BCUT2D eigenvalue weighted by molar-refractivity contribution is 5.48. The topological polar surface area (TPSA) is 26.7 Å². The highest BCUT2D eigenvalue weighted by Crippen LogP contribution is 2.20. The lowest BCUT2D eigenvalue weighted by Crippen LogP contribution is -2.47. The van der Waals surface area contributed by atoms with Gasteiger partial charge in [-0.2, -0.15) is 0 Å². The molecule has 1 atom stereocenters. The summed E-state index contributed by atoms with van der Waals surface area (Å²) in [6, 6.07) is 16.9. The molecule has 0 spiro atoms. The first-order valence-electron chi connectivity index (χ1n) is 8.40. The maximum Gasteiger partial charge on any atom is 0.0916 e. The molecule has 1 unspecified atom stereocenters. The predicted molar refractivity (Wildman–Crippen MR) is 96.0 cm³/mol. The number of anilines is 1. The Kier molecular flexibility index (Phi) is 4.99. The lowest BCUT2D eigenvalue weighted by Gasteiger charge is -2.37. The maximum atomic E-state index is 10.4. The van der Waals surface area contributed by atoms with Crippen molar-refractivity contribution in [2.45, 2.75) is 20.0 Å². The summed E-state index contributed by atoms with van der Waals surface area (Å²) in [5.74, 6) is 0. The van der Waals surface area contributed by atoms with E-state index >= 15 is 0 Å². The molecular weight excluding hydrogens is 284 g/mol. The van der Waals surface area contributed by atoms with E-state index in [9.17, 15) is 5.11 Å². The number of aliphatic hydroxyl groups is 1. The van der Waals surface area contributed by atoms with Gasteiger partial charge in [-0.3, -0.25) is 4.90 Å². The van der Waals surface area contributed by atoms with Crippen LogP contribution < -0.4 is 4.90 Å². The van der Waals surface area contributed by atoms with Gasteiger partial charge in [0, 0.05) is 38.4 Å². The van der Waals surface area contributed by atoms with Crippen LogP contribution in [-0.2, 0) is 0 Å². The molecule has 0 bridgehead atoms. The Morgan fingerprint density at radius 3 is 2.26 bits per heavy atom. The second-order valence-corrected chi connectivity index (χ2v) is 6.55. The molecule has 1 heterocycles. The van der Waals surface area contributed by atoms with Crippen LogP contribution in [0, 0.1) is 13.8 Å². The van der Waals surface area contributed by atoms with Crippen LogP contribution in [0.1, 0.15) is 22.8 Å². The van der Waals surface area contributed by atoms with Crippen molar-refractivity contribution in [3.63, 3.8) is 0 Å². The first kappa shape index (κ1) is 16.0. The molecule has 0 amide bonds. The lowest BCUT2D eigenvalue weighted by molar-refractivity contribution is 0.109. The van der Waals surface area contributed by atoms with Gasteiger partial charge in [0.05, 0.1) is 6.10 Å². The van der Waals surface area contributed by atoms with Gasteiger partial charge in [-0.05, 0) is 37.1 Å². The van der Waals surface area contributed by atoms with Crippen molar-refractivity contribution in [1.29, 1.82) is 0 Å². The average molecular weight is 310 g/mol. The summed E-state index contributed by atoms with van der Waals surface area (Å²) in [7, 11) is 0. The lowest BCUT2D eigenvalue weighted by atomic mass is 10.1. The minimum atomic E-state index is -0.402. The highest BCUT2D eigenvalue weighted by atomic mass is 16.3. The van der Waals surface area contributed by atoms with Crippen LogP contribution in [0.3, 0.4) is 0 Å². The second-order valence-electron chi connectivity index (χ2n) is 6.55. The maximum absolute atomic E-state index is 10.4. The minimum absolute atomic E-state index is 0.402. The van der Waals surface area contributed by atoms with Crippen LogP contribution >= 0.6 is 0 Å². The number of aryl methyl sites for hydroxylation is 2. The van der Waals surface area contributed by atoms with Crippen molar-refractivity contribution in [3.8, 4) is 0 Å². The Hall–Kier alpha value is -1.84. The zero-order valence-corrected chi connectivity index (χ0v) is 14.1. The fourth-order valence-corrected chi connectivity index (χ4v) is 3.15. The van der Waals surface area contributed by atoms with Crippen molar-refractivity contribution in [1.82, 2.24) is 4.90 Å². The zero-order chi connectivity index (χ0) is 16.2. The van der Waals surface area contributed by atoms with Crippen LogP contribution in [0.2, 0.25) is 0 Å². The number of aliphatic hydroxyl groups excluding tert-OH is 1.